The normalized spacial score (nSPS) is 19.6. The van der Waals surface area contributed by atoms with E-state index in [1.54, 1.807) is 18.2 Å². The van der Waals surface area contributed by atoms with E-state index in [4.69, 9.17) is 28.0 Å². The Morgan fingerprint density at radius 3 is 2.36 bits per heavy atom. The number of oxime groups is 1. The van der Waals surface area contributed by atoms with E-state index in [0.717, 1.165) is 0 Å². The van der Waals surface area contributed by atoms with Crippen molar-refractivity contribution in [3.8, 4) is 0 Å². The Balaban J connectivity index is 1.64. The van der Waals surface area contributed by atoms with E-state index in [2.05, 4.69) is 5.16 Å². The van der Waals surface area contributed by atoms with Gasteiger partial charge in [0, 0.05) is 29.1 Å². The molecule has 0 spiro atoms. The molecule has 0 saturated carbocycles. The first kappa shape index (κ1) is 18.5. The summed E-state index contributed by atoms with van der Waals surface area (Å²) in [6.07, 6.45) is 0.517. The molecule has 1 heterocycles. The SMILES string of the molecule is CC1(CSCc2c(F)cccc2F)CC(c2c(Cl)cccc2Cl)=NO1. The molecular weight excluding hydrogens is 387 g/mol. The van der Waals surface area contributed by atoms with Crippen molar-refractivity contribution in [2.75, 3.05) is 5.75 Å². The standard InChI is InChI=1S/C18H15Cl2F2NOS/c1-18(10-25-9-11-14(21)6-3-7-15(11)22)8-16(23-24-18)17-12(19)4-2-5-13(17)20/h2-7H,8-10H2,1H3. The molecule has 7 heteroatoms. The summed E-state index contributed by atoms with van der Waals surface area (Å²) in [5.74, 6) is -0.329. The van der Waals surface area contributed by atoms with E-state index in [0.29, 0.717) is 33.5 Å². The van der Waals surface area contributed by atoms with E-state index in [9.17, 15) is 8.78 Å². The fraction of sp³-hybridized carbons (Fsp3) is 0.278. The van der Waals surface area contributed by atoms with Gasteiger partial charge in [-0.05, 0) is 31.2 Å². The van der Waals surface area contributed by atoms with Gasteiger partial charge in [0.1, 0.15) is 17.2 Å². The van der Waals surface area contributed by atoms with Gasteiger partial charge in [0.25, 0.3) is 0 Å². The van der Waals surface area contributed by atoms with Crippen molar-refractivity contribution in [1.82, 2.24) is 0 Å². The van der Waals surface area contributed by atoms with E-state index in [1.807, 2.05) is 6.92 Å². The molecule has 0 radical (unpaired) electrons. The molecule has 2 nitrogen and oxygen atoms in total. The summed E-state index contributed by atoms with van der Waals surface area (Å²) in [7, 11) is 0. The Labute approximate surface area is 159 Å². The van der Waals surface area contributed by atoms with Gasteiger partial charge in [-0.2, -0.15) is 11.8 Å². The fourth-order valence-corrected chi connectivity index (χ4v) is 4.39. The molecule has 0 aromatic heterocycles. The zero-order chi connectivity index (χ0) is 18.0. The van der Waals surface area contributed by atoms with E-state index < -0.39 is 17.2 Å². The second-order valence-corrected chi connectivity index (χ2v) is 7.85. The fourth-order valence-electron chi connectivity index (χ4n) is 2.61. The number of halogens is 4. The molecule has 132 valence electrons. The third kappa shape index (κ3) is 4.10. The van der Waals surface area contributed by atoms with Crippen molar-refractivity contribution in [3.05, 3.63) is 69.2 Å². The maximum absolute atomic E-state index is 13.7. The first-order valence-electron chi connectivity index (χ1n) is 7.60. The Morgan fingerprint density at radius 1 is 1.12 bits per heavy atom. The lowest BCUT2D eigenvalue weighted by atomic mass is 9.97. The third-order valence-corrected chi connectivity index (χ3v) is 5.82. The lowest BCUT2D eigenvalue weighted by molar-refractivity contribution is 0.0163. The predicted octanol–water partition coefficient (Wildman–Crippen LogP) is 6.09. The lowest BCUT2D eigenvalue weighted by Crippen LogP contribution is -2.28. The van der Waals surface area contributed by atoms with Crippen LogP contribution in [-0.4, -0.2) is 17.1 Å². The van der Waals surface area contributed by atoms with Crippen LogP contribution in [0.2, 0.25) is 10.0 Å². The molecule has 3 rings (SSSR count). The predicted molar refractivity (Wildman–Crippen MR) is 99.6 cm³/mol. The maximum atomic E-state index is 13.7. The summed E-state index contributed by atoms with van der Waals surface area (Å²) in [5, 5.41) is 5.16. The van der Waals surface area contributed by atoms with Crippen molar-refractivity contribution >= 4 is 40.7 Å². The van der Waals surface area contributed by atoms with E-state index in [1.165, 1.54) is 30.0 Å². The molecule has 0 saturated heterocycles. The van der Waals surface area contributed by atoms with Crippen LogP contribution in [0.4, 0.5) is 8.78 Å². The minimum atomic E-state index is -0.579. The smallest absolute Gasteiger partial charge is 0.149 e. The number of thioether (sulfide) groups is 1. The highest BCUT2D eigenvalue weighted by molar-refractivity contribution is 7.98. The van der Waals surface area contributed by atoms with Crippen molar-refractivity contribution in [2.24, 2.45) is 5.16 Å². The number of hydrogen-bond donors (Lipinski definition) is 0. The van der Waals surface area contributed by atoms with Crippen molar-refractivity contribution in [3.63, 3.8) is 0 Å². The number of hydrogen-bond acceptors (Lipinski definition) is 3. The van der Waals surface area contributed by atoms with Crippen LogP contribution in [-0.2, 0) is 10.6 Å². The quantitative estimate of drug-likeness (QED) is 0.604. The minimum absolute atomic E-state index is 0.0735. The second kappa shape index (κ2) is 7.52. The van der Waals surface area contributed by atoms with Crippen LogP contribution in [0.1, 0.15) is 24.5 Å². The first-order valence-corrected chi connectivity index (χ1v) is 9.51. The summed E-state index contributed by atoms with van der Waals surface area (Å²) in [4.78, 5) is 5.58. The van der Waals surface area contributed by atoms with Gasteiger partial charge < -0.3 is 4.84 Å². The molecule has 0 bridgehead atoms. The number of nitrogens with zero attached hydrogens (tertiary/aromatic N) is 1. The third-order valence-electron chi connectivity index (χ3n) is 3.88. The topological polar surface area (TPSA) is 21.6 Å². The van der Waals surface area contributed by atoms with Gasteiger partial charge in [-0.1, -0.05) is 40.5 Å². The van der Waals surface area contributed by atoms with Gasteiger partial charge in [0.05, 0.1) is 15.8 Å². The van der Waals surface area contributed by atoms with Crippen molar-refractivity contribution in [1.29, 1.82) is 0 Å². The molecule has 1 aliphatic rings. The summed E-state index contributed by atoms with van der Waals surface area (Å²) in [6, 6.07) is 9.13. The van der Waals surface area contributed by atoms with E-state index in [-0.39, 0.29) is 11.3 Å². The largest absolute Gasteiger partial charge is 0.388 e. The highest BCUT2D eigenvalue weighted by atomic mass is 35.5. The Bertz CT molecular complexity index is 790. The molecular formula is C18H15Cl2F2NOS. The molecule has 0 amide bonds. The van der Waals surface area contributed by atoms with Gasteiger partial charge in [0.2, 0.25) is 0 Å². The molecule has 0 N–H and O–H groups in total. The maximum Gasteiger partial charge on any atom is 0.149 e. The van der Waals surface area contributed by atoms with Crippen LogP contribution in [0.3, 0.4) is 0 Å². The zero-order valence-corrected chi connectivity index (χ0v) is 15.7. The molecule has 2 aromatic carbocycles. The van der Waals surface area contributed by atoms with Crippen LogP contribution < -0.4 is 0 Å². The Morgan fingerprint density at radius 2 is 1.72 bits per heavy atom. The average molecular weight is 402 g/mol. The summed E-state index contributed by atoms with van der Waals surface area (Å²) >= 11 is 13.8. The molecule has 2 aromatic rings. The molecule has 1 atom stereocenters. The molecule has 1 unspecified atom stereocenters. The monoisotopic (exact) mass is 401 g/mol. The Kier molecular flexibility index (Phi) is 5.56. The number of rotatable bonds is 5. The molecule has 25 heavy (non-hydrogen) atoms. The second-order valence-electron chi connectivity index (χ2n) is 6.05. The zero-order valence-electron chi connectivity index (χ0n) is 13.4. The summed E-state index contributed by atoms with van der Waals surface area (Å²) in [5.41, 5.74) is 0.837. The summed E-state index contributed by atoms with van der Waals surface area (Å²) < 4.78 is 27.4. The Hall–Kier alpha value is -1.30. The lowest BCUT2D eigenvalue weighted by Gasteiger charge is -2.21. The number of benzene rings is 2. The minimum Gasteiger partial charge on any atom is -0.388 e. The van der Waals surface area contributed by atoms with Crippen LogP contribution in [0.15, 0.2) is 41.6 Å². The van der Waals surface area contributed by atoms with Gasteiger partial charge >= 0.3 is 0 Å². The highest BCUT2D eigenvalue weighted by Crippen LogP contribution is 2.35. The van der Waals surface area contributed by atoms with Gasteiger partial charge in [-0.3, -0.25) is 0 Å². The van der Waals surface area contributed by atoms with Crippen LogP contribution >= 0.6 is 35.0 Å². The van der Waals surface area contributed by atoms with Gasteiger partial charge in [0.15, 0.2) is 0 Å². The molecule has 0 aliphatic carbocycles. The van der Waals surface area contributed by atoms with Gasteiger partial charge in [-0.25, -0.2) is 8.78 Å². The van der Waals surface area contributed by atoms with Gasteiger partial charge in [-0.15, -0.1) is 0 Å². The van der Waals surface area contributed by atoms with Crippen LogP contribution in [0.25, 0.3) is 0 Å². The van der Waals surface area contributed by atoms with Crippen molar-refractivity contribution < 1.29 is 13.6 Å². The van der Waals surface area contributed by atoms with Crippen LogP contribution in [0.5, 0.6) is 0 Å². The first-order chi connectivity index (χ1) is 11.9. The van der Waals surface area contributed by atoms with Crippen LogP contribution in [0, 0.1) is 11.6 Å². The molecule has 1 aliphatic heterocycles. The summed E-state index contributed by atoms with van der Waals surface area (Å²) in [6.45, 7) is 1.90. The molecule has 0 fully saturated rings. The van der Waals surface area contributed by atoms with Crippen molar-refractivity contribution in [2.45, 2.75) is 24.7 Å². The van der Waals surface area contributed by atoms with E-state index >= 15 is 0 Å². The highest BCUT2D eigenvalue weighted by Gasteiger charge is 2.36. The average Bonchev–Trinajstić information content (AvgIpc) is 2.92.